The van der Waals surface area contributed by atoms with Gasteiger partial charge in [0.05, 0.1) is 12.7 Å². The predicted molar refractivity (Wildman–Crippen MR) is 87.9 cm³/mol. The fourth-order valence-corrected chi connectivity index (χ4v) is 4.18. The molecular formula is C20H18O4. The summed E-state index contributed by atoms with van der Waals surface area (Å²) in [5.74, 6) is -0.262. The fraction of sp³-hybridized carbons (Fsp3) is 0.300. The number of carbonyl (C=O) groups excluding carboxylic acids is 2. The van der Waals surface area contributed by atoms with E-state index in [1.165, 1.54) is 25.2 Å². The Labute approximate surface area is 140 Å². The number of fused-ring (bicyclic) bond motifs is 7. The first-order valence-electron chi connectivity index (χ1n) is 8.08. The molecule has 0 spiro atoms. The Morgan fingerprint density at radius 1 is 1.00 bits per heavy atom. The summed E-state index contributed by atoms with van der Waals surface area (Å²) in [6.07, 6.45) is 0.573. The number of ether oxygens (including phenoxy) is 2. The molecule has 2 aromatic carbocycles. The van der Waals surface area contributed by atoms with Gasteiger partial charge in [-0.2, -0.15) is 0 Å². The van der Waals surface area contributed by atoms with Crippen LogP contribution >= 0.6 is 0 Å². The lowest BCUT2D eigenvalue weighted by molar-refractivity contribution is -0.148. The number of benzene rings is 2. The van der Waals surface area contributed by atoms with E-state index in [1.54, 1.807) is 6.07 Å². The molecule has 0 heterocycles. The van der Waals surface area contributed by atoms with Crippen LogP contribution in [0.1, 0.15) is 63.9 Å². The largest absolute Gasteiger partial charge is 0.465 e. The molecule has 0 saturated carbocycles. The number of rotatable bonds is 2. The highest BCUT2D eigenvalue weighted by atomic mass is 16.5. The van der Waals surface area contributed by atoms with Gasteiger partial charge in [0.1, 0.15) is 6.10 Å². The van der Waals surface area contributed by atoms with Crippen molar-refractivity contribution in [2.75, 3.05) is 7.11 Å². The van der Waals surface area contributed by atoms with E-state index in [4.69, 9.17) is 9.47 Å². The maximum atomic E-state index is 11.9. The molecule has 2 aromatic rings. The summed E-state index contributed by atoms with van der Waals surface area (Å²) in [5, 5.41) is 0. The van der Waals surface area contributed by atoms with Gasteiger partial charge in [-0.05, 0) is 40.8 Å². The number of hydrogen-bond acceptors (Lipinski definition) is 4. The van der Waals surface area contributed by atoms with Gasteiger partial charge in [-0.3, -0.25) is 4.79 Å². The van der Waals surface area contributed by atoms with Crippen molar-refractivity contribution in [3.63, 3.8) is 0 Å². The number of carbonyl (C=O) groups is 2. The summed E-state index contributed by atoms with van der Waals surface area (Å²) in [5.41, 5.74) is 5.08. The molecule has 0 aliphatic heterocycles. The van der Waals surface area contributed by atoms with Gasteiger partial charge >= 0.3 is 11.9 Å². The third-order valence-corrected chi connectivity index (χ3v) is 5.11. The summed E-state index contributed by atoms with van der Waals surface area (Å²) >= 11 is 0. The maximum absolute atomic E-state index is 11.9. The maximum Gasteiger partial charge on any atom is 0.337 e. The molecule has 2 aliphatic rings. The molecule has 4 rings (SSSR count). The van der Waals surface area contributed by atoms with Gasteiger partial charge in [0.25, 0.3) is 0 Å². The second-order valence-corrected chi connectivity index (χ2v) is 6.39. The highest BCUT2D eigenvalue weighted by Gasteiger charge is 2.45. The average molecular weight is 322 g/mol. The molecule has 0 radical (unpaired) electrons. The molecular weight excluding hydrogens is 304 g/mol. The van der Waals surface area contributed by atoms with Crippen LogP contribution in [-0.2, 0) is 14.3 Å². The van der Waals surface area contributed by atoms with Crippen LogP contribution in [0.2, 0.25) is 0 Å². The van der Waals surface area contributed by atoms with E-state index in [2.05, 4.69) is 12.1 Å². The van der Waals surface area contributed by atoms with Crippen molar-refractivity contribution in [1.29, 1.82) is 0 Å². The van der Waals surface area contributed by atoms with Gasteiger partial charge in [-0.1, -0.05) is 30.3 Å². The summed E-state index contributed by atoms with van der Waals surface area (Å²) in [7, 11) is 1.37. The third kappa shape index (κ3) is 2.13. The Hall–Kier alpha value is -2.62. The Kier molecular flexibility index (Phi) is 3.41. The molecule has 0 aromatic heterocycles. The number of hydrogen-bond donors (Lipinski definition) is 0. The molecule has 122 valence electrons. The molecule has 0 fully saturated rings. The predicted octanol–water partition coefficient (Wildman–Crippen LogP) is 3.71. The van der Waals surface area contributed by atoms with Crippen molar-refractivity contribution in [3.8, 4) is 0 Å². The van der Waals surface area contributed by atoms with Crippen molar-refractivity contribution >= 4 is 11.9 Å². The minimum Gasteiger partial charge on any atom is -0.465 e. The number of methoxy groups -OCH3 is 1. The number of esters is 2. The summed E-state index contributed by atoms with van der Waals surface area (Å²) < 4.78 is 10.5. The van der Waals surface area contributed by atoms with Crippen LogP contribution < -0.4 is 0 Å². The van der Waals surface area contributed by atoms with Crippen LogP contribution in [0.4, 0.5) is 0 Å². The monoisotopic (exact) mass is 322 g/mol. The SMILES string of the molecule is COC(=O)c1ccc2c(c1)C(OC(C)=O)C1CC2c2ccccc21. The summed E-state index contributed by atoms with van der Waals surface area (Å²) in [4.78, 5) is 23.6. The minimum absolute atomic E-state index is 0.135. The molecule has 0 amide bonds. The van der Waals surface area contributed by atoms with Gasteiger partial charge in [-0.25, -0.2) is 4.79 Å². The quantitative estimate of drug-likeness (QED) is 0.791. The molecule has 2 aliphatic carbocycles. The van der Waals surface area contributed by atoms with Gasteiger partial charge in [0.15, 0.2) is 0 Å². The highest BCUT2D eigenvalue weighted by Crippen LogP contribution is 2.57. The van der Waals surface area contributed by atoms with Gasteiger partial charge in [-0.15, -0.1) is 0 Å². The van der Waals surface area contributed by atoms with Crippen LogP contribution in [0.3, 0.4) is 0 Å². The Morgan fingerprint density at radius 2 is 1.71 bits per heavy atom. The molecule has 2 bridgehead atoms. The van der Waals surface area contributed by atoms with Gasteiger partial charge in [0.2, 0.25) is 0 Å². The lowest BCUT2D eigenvalue weighted by Gasteiger charge is -2.31. The standard InChI is InChI=1S/C20H18O4/c1-11(21)24-19-17-9-12(20(22)23-2)7-8-15(17)16-10-18(19)14-6-4-3-5-13(14)16/h3-9,16,18-19H,10H2,1-2H3. The van der Waals surface area contributed by atoms with Crippen LogP contribution in [0.15, 0.2) is 42.5 Å². The van der Waals surface area contributed by atoms with E-state index in [1.807, 2.05) is 24.3 Å². The molecule has 4 heteroatoms. The van der Waals surface area contributed by atoms with Crippen LogP contribution in [0.5, 0.6) is 0 Å². The molecule has 3 unspecified atom stereocenters. The van der Waals surface area contributed by atoms with E-state index in [0.29, 0.717) is 11.5 Å². The average Bonchev–Trinajstić information content (AvgIpc) is 2.93. The van der Waals surface area contributed by atoms with Gasteiger partial charge in [0, 0.05) is 18.8 Å². The lowest BCUT2D eigenvalue weighted by atomic mass is 9.78. The molecule has 3 atom stereocenters. The van der Waals surface area contributed by atoms with Crippen molar-refractivity contribution in [1.82, 2.24) is 0 Å². The van der Waals surface area contributed by atoms with Crippen molar-refractivity contribution < 1.29 is 19.1 Å². The molecule has 24 heavy (non-hydrogen) atoms. The Morgan fingerprint density at radius 3 is 2.42 bits per heavy atom. The zero-order valence-corrected chi connectivity index (χ0v) is 13.6. The van der Waals surface area contributed by atoms with Crippen molar-refractivity contribution in [2.24, 2.45) is 0 Å². The second-order valence-electron chi connectivity index (χ2n) is 6.39. The zero-order chi connectivity index (χ0) is 16.8. The first kappa shape index (κ1) is 14.9. The van der Waals surface area contributed by atoms with Crippen molar-refractivity contribution in [3.05, 3.63) is 70.3 Å². The first-order valence-corrected chi connectivity index (χ1v) is 8.08. The van der Waals surface area contributed by atoms with Crippen LogP contribution in [0.25, 0.3) is 0 Å². The minimum atomic E-state index is -0.380. The van der Waals surface area contributed by atoms with Crippen LogP contribution in [-0.4, -0.2) is 19.0 Å². The third-order valence-electron chi connectivity index (χ3n) is 5.11. The summed E-state index contributed by atoms with van der Waals surface area (Å²) in [6.45, 7) is 1.43. The Bertz CT molecular complexity index is 839. The van der Waals surface area contributed by atoms with E-state index >= 15 is 0 Å². The Balaban J connectivity index is 1.89. The lowest BCUT2D eigenvalue weighted by Crippen LogP contribution is -2.22. The van der Waals surface area contributed by atoms with E-state index in [9.17, 15) is 9.59 Å². The molecule has 4 nitrogen and oxygen atoms in total. The molecule has 0 saturated heterocycles. The van der Waals surface area contributed by atoms with Crippen LogP contribution in [0, 0.1) is 0 Å². The first-order chi connectivity index (χ1) is 11.6. The van der Waals surface area contributed by atoms with E-state index < -0.39 is 0 Å². The second kappa shape index (κ2) is 5.48. The highest BCUT2D eigenvalue weighted by molar-refractivity contribution is 5.89. The molecule has 0 N–H and O–H groups in total. The van der Waals surface area contributed by atoms with E-state index in [-0.39, 0.29) is 24.0 Å². The summed E-state index contributed by atoms with van der Waals surface area (Å²) in [6, 6.07) is 13.9. The fourth-order valence-electron chi connectivity index (χ4n) is 4.18. The van der Waals surface area contributed by atoms with E-state index in [0.717, 1.165) is 17.5 Å². The normalized spacial score (nSPS) is 23.2. The zero-order valence-electron chi connectivity index (χ0n) is 13.6. The van der Waals surface area contributed by atoms with Crippen molar-refractivity contribution in [2.45, 2.75) is 31.3 Å². The topological polar surface area (TPSA) is 52.6 Å². The van der Waals surface area contributed by atoms with Gasteiger partial charge < -0.3 is 9.47 Å². The smallest absolute Gasteiger partial charge is 0.337 e.